The van der Waals surface area contributed by atoms with Gasteiger partial charge in [0.05, 0.1) is 6.42 Å². The quantitative estimate of drug-likeness (QED) is 0.355. The van der Waals surface area contributed by atoms with E-state index in [0.717, 1.165) is 31.0 Å². The van der Waals surface area contributed by atoms with E-state index in [4.69, 9.17) is 0 Å². The number of carboxylic acid groups (broad SMARTS) is 1. The maximum Gasteiger partial charge on any atom is 0.305 e. The molecule has 0 aliphatic heterocycles. The van der Waals surface area contributed by atoms with Crippen molar-refractivity contribution in [3.63, 3.8) is 0 Å². The van der Waals surface area contributed by atoms with Crippen molar-refractivity contribution in [3.8, 4) is 11.1 Å². The second-order valence-corrected chi connectivity index (χ2v) is 8.31. The minimum absolute atomic E-state index is 0.0677. The summed E-state index contributed by atoms with van der Waals surface area (Å²) in [6, 6.07) is 16.5. The molecule has 6 nitrogen and oxygen atoms in total. The van der Waals surface area contributed by atoms with Gasteiger partial charge in [0.15, 0.2) is 0 Å². The molecule has 0 aliphatic carbocycles. The zero-order valence-corrected chi connectivity index (χ0v) is 20.0. The van der Waals surface area contributed by atoms with Crippen molar-refractivity contribution in [1.82, 2.24) is 10.2 Å². The Hall–Kier alpha value is -4.07. The van der Waals surface area contributed by atoms with E-state index in [2.05, 4.69) is 5.32 Å². The fourth-order valence-corrected chi connectivity index (χ4v) is 3.82. The highest BCUT2D eigenvalue weighted by molar-refractivity contribution is 6.06. The first-order valence-electron chi connectivity index (χ1n) is 11.7. The summed E-state index contributed by atoms with van der Waals surface area (Å²) in [5.41, 5.74) is 1.55. The van der Waals surface area contributed by atoms with Crippen LogP contribution >= 0.6 is 0 Å². The second kappa shape index (κ2) is 12.6. The van der Waals surface area contributed by atoms with E-state index in [1.807, 2.05) is 6.92 Å². The number of rotatable bonds is 11. The maximum absolute atomic E-state index is 14.3. The first kappa shape index (κ1) is 26.5. The van der Waals surface area contributed by atoms with Crippen LogP contribution in [0.3, 0.4) is 0 Å². The smallest absolute Gasteiger partial charge is 0.305 e. The highest BCUT2D eigenvalue weighted by atomic mass is 19.1. The van der Waals surface area contributed by atoms with Crippen LogP contribution in [0.2, 0.25) is 0 Å². The molecule has 0 bridgehead atoms. The average Bonchev–Trinajstić information content (AvgIpc) is 2.88. The van der Waals surface area contributed by atoms with Crippen molar-refractivity contribution in [2.24, 2.45) is 0 Å². The Kier molecular flexibility index (Phi) is 9.27. The minimum atomic E-state index is -1.13. The number of nitrogens with one attached hydrogen (secondary N) is 1. The number of aliphatic carboxylic acids is 1. The Labute approximate surface area is 208 Å². The van der Waals surface area contributed by atoms with Crippen molar-refractivity contribution >= 4 is 17.8 Å². The lowest BCUT2D eigenvalue weighted by atomic mass is 9.94. The van der Waals surface area contributed by atoms with Crippen LogP contribution in [0.25, 0.3) is 11.1 Å². The topological polar surface area (TPSA) is 86.7 Å². The normalized spacial score (nSPS) is 10.6. The van der Waals surface area contributed by atoms with Gasteiger partial charge in [0.1, 0.15) is 11.6 Å². The molecule has 0 atom stereocenters. The SMILES string of the molecule is CCCCNC(=O)c1ccccc1-c1ccccc1C(=O)N(CCC(=O)O)Cc1cc(F)ccc1F. The van der Waals surface area contributed by atoms with Crippen molar-refractivity contribution in [3.05, 3.63) is 95.1 Å². The predicted octanol–water partition coefficient (Wildman–Crippen LogP) is 5.28. The van der Waals surface area contributed by atoms with Gasteiger partial charge >= 0.3 is 5.97 Å². The molecule has 2 N–H and O–H groups in total. The van der Waals surface area contributed by atoms with Crippen molar-refractivity contribution in [2.75, 3.05) is 13.1 Å². The molecule has 0 unspecified atom stereocenters. The fraction of sp³-hybridized carbons (Fsp3) is 0.250. The molecule has 36 heavy (non-hydrogen) atoms. The van der Waals surface area contributed by atoms with Crippen LogP contribution in [-0.4, -0.2) is 40.9 Å². The Morgan fingerprint density at radius 3 is 2.22 bits per heavy atom. The number of carboxylic acids is 1. The number of unbranched alkanes of at least 4 members (excludes halogenated alkanes) is 1. The van der Waals surface area contributed by atoms with Crippen LogP contribution < -0.4 is 5.32 Å². The van der Waals surface area contributed by atoms with Crippen LogP contribution in [0.5, 0.6) is 0 Å². The number of hydrogen-bond acceptors (Lipinski definition) is 3. The van der Waals surface area contributed by atoms with E-state index in [9.17, 15) is 28.3 Å². The van der Waals surface area contributed by atoms with E-state index in [1.54, 1.807) is 48.5 Å². The first-order valence-corrected chi connectivity index (χ1v) is 11.7. The van der Waals surface area contributed by atoms with Crippen LogP contribution in [0.1, 0.15) is 52.5 Å². The molecule has 0 fully saturated rings. The Morgan fingerprint density at radius 1 is 0.917 bits per heavy atom. The summed E-state index contributed by atoms with van der Waals surface area (Å²) in [4.78, 5) is 38.9. The van der Waals surface area contributed by atoms with Gasteiger partial charge in [-0.3, -0.25) is 14.4 Å². The van der Waals surface area contributed by atoms with Crippen LogP contribution in [-0.2, 0) is 11.3 Å². The van der Waals surface area contributed by atoms with E-state index in [1.165, 1.54) is 4.90 Å². The van der Waals surface area contributed by atoms with Crippen molar-refractivity contribution in [2.45, 2.75) is 32.7 Å². The van der Waals surface area contributed by atoms with Gasteiger partial charge in [-0.2, -0.15) is 0 Å². The zero-order valence-electron chi connectivity index (χ0n) is 20.0. The van der Waals surface area contributed by atoms with Crippen molar-refractivity contribution < 1.29 is 28.3 Å². The highest BCUT2D eigenvalue weighted by Crippen LogP contribution is 2.29. The molecule has 0 spiro atoms. The molecular weight excluding hydrogens is 466 g/mol. The number of carbonyl (C=O) groups excluding carboxylic acids is 2. The summed E-state index contributed by atoms with van der Waals surface area (Å²) in [6.07, 6.45) is 1.39. The summed E-state index contributed by atoms with van der Waals surface area (Å²) in [5.74, 6) is -3.33. The van der Waals surface area contributed by atoms with Crippen molar-refractivity contribution in [1.29, 1.82) is 0 Å². The third-order valence-electron chi connectivity index (χ3n) is 5.69. The van der Waals surface area contributed by atoms with E-state index < -0.39 is 23.5 Å². The summed E-state index contributed by atoms with van der Waals surface area (Å²) in [5, 5.41) is 12.1. The number of halogens is 2. The molecule has 3 aromatic rings. The summed E-state index contributed by atoms with van der Waals surface area (Å²) < 4.78 is 28.1. The molecule has 0 aromatic heterocycles. The average molecular weight is 495 g/mol. The van der Waals surface area contributed by atoms with Gasteiger partial charge in [-0.15, -0.1) is 0 Å². The van der Waals surface area contributed by atoms with Gasteiger partial charge in [0, 0.05) is 36.3 Å². The third kappa shape index (κ3) is 6.75. The Balaban J connectivity index is 2.00. The molecule has 188 valence electrons. The van der Waals surface area contributed by atoms with Crippen LogP contribution in [0.4, 0.5) is 8.78 Å². The number of hydrogen-bond donors (Lipinski definition) is 2. The molecular formula is C28H28F2N2O4. The van der Waals surface area contributed by atoms with E-state index >= 15 is 0 Å². The molecule has 8 heteroatoms. The Bertz CT molecular complexity index is 1250. The molecule has 0 aliphatic rings. The first-order chi connectivity index (χ1) is 17.3. The Morgan fingerprint density at radius 2 is 1.56 bits per heavy atom. The summed E-state index contributed by atoms with van der Waals surface area (Å²) in [6.45, 7) is 2.01. The molecule has 0 heterocycles. The van der Waals surface area contributed by atoms with Gasteiger partial charge in [0.2, 0.25) is 0 Å². The fourth-order valence-electron chi connectivity index (χ4n) is 3.82. The second-order valence-electron chi connectivity index (χ2n) is 8.31. The lowest BCUT2D eigenvalue weighted by molar-refractivity contribution is -0.137. The zero-order chi connectivity index (χ0) is 26.1. The van der Waals surface area contributed by atoms with Gasteiger partial charge in [0.25, 0.3) is 11.8 Å². The lowest BCUT2D eigenvalue weighted by Gasteiger charge is -2.24. The maximum atomic E-state index is 14.3. The van der Waals surface area contributed by atoms with Gasteiger partial charge in [-0.1, -0.05) is 49.7 Å². The predicted molar refractivity (Wildman–Crippen MR) is 132 cm³/mol. The van der Waals surface area contributed by atoms with Crippen LogP contribution in [0.15, 0.2) is 66.7 Å². The molecule has 3 rings (SSSR count). The highest BCUT2D eigenvalue weighted by Gasteiger charge is 2.23. The summed E-state index contributed by atoms with van der Waals surface area (Å²) in [7, 11) is 0. The molecule has 0 saturated carbocycles. The largest absolute Gasteiger partial charge is 0.481 e. The molecule has 3 aromatic carbocycles. The number of benzene rings is 3. The van der Waals surface area contributed by atoms with Gasteiger partial charge in [-0.05, 0) is 47.9 Å². The van der Waals surface area contributed by atoms with Gasteiger partial charge in [-0.25, -0.2) is 8.78 Å². The number of carbonyl (C=O) groups is 3. The molecule has 0 saturated heterocycles. The summed E-state index contributed by atoms with van der Waals surface area (Å²) >= 11 is 0. The number of amides is 2. The molecule has 0 radical (unpaired) electrons. The minimum Gasteiger partial charge on any atom is -0.481 e. The van der Waals surface area contributed by atoms with E-state index in [-0.39, 0.29) is 36.5 Å². The lowest BCUT2D eigenvalue weighted by Crippen LogP contribution is -2.33. The molecule has 2 amide bonds. The third-order valence-corrected chi connectivity index (χ3v) is 5.69. The van der Waals surface area contributed by atoms with E-state index in [0.29, 0.717) is 23.2 Å². The van der Waals surface area contributed by atoms with Gasteiger partial charge < -0.3 is 15.3 Å². The van der Waals surface area contributed by atoms with Crippen LogP contribution in [0, 0.1) is 11.6 Å². The number of nitrogens with zero attached hydrogens (tertiary/aromatic N) is 1. The standard InChI is InChI=1S/C28H28F2N2O4/c1-2-3-15-31-27(35)23-10-6-4-8-21(23)22-9-5-7-11-24(22)28(36)32(16-14-26(33)34)18-19-17-20(29)12-13-25(19)30/h4-13,17H,2-3,14-16,18H2,1H3,(H,31,35)(H,33,34). The monoisotopic (exact) mass is 494 g/mol.